The number of aromatic amines is 1. The third kappa shape index (κ3) is 1.93. The van der Waals surface area contributed by atoms with E-state index in [9.17, 15) is 14.7 Å². The molecule has 0 aliphatic carbocycles. The third-order valence-electron chi connectivity index (χ3n) is 3.27. The van der Waals surface area contributed by atoms with Gasteiger partial charge in [-0.3, -0.25) is 14.3 Å². The fraction of sp³-hybridized carbons (Fsp3) is 0.455. The summed E-state index contributed by atoms with van der Waals surface area (Å²) < 4.78 is 6.95. The lowest BCUT2D eigenvalue weighted by Gasteiger charge is -2.15. The van der Waals surface area contributed by atoms with Crippen molar-refractivity contribution in [2.24, 2.45) is 5.73 Å². The number of nitrogens with zero attached hydrogens (tertiary/aromatic N) is 1. The van der Waals surface area contributed by atoms with E-state index in [-0.39, 0.29) is 13.0 Å². The minimum absolute atomic E-state index is 0.184. The normalized spacial score (nSPS) is 27.2. The van der Waals surface area contributed by atoms with E-state index in [1.54, 1.807) is 11.4 Å². The number of fused-ring (bicyclic) bond motifs is 1. The second kappa shape index (κ2) is 4.57. The first-order valence-electron chi connectivity index (χ1n) is 5.87. The Labute approximate surface area is 111 Å². The summed E-state index contributed by atoms with van der Waals surface area (Å²) in [4.78, 5) is 26.4. The summed E-state index contributed by atoms with van der Waals surface area (Å²) in [7, 11) is 0. The Hall–Kier alpha value is -1.48. The first-order valence-corrected chi connectivity index (χ1v) is 6.75. The molecule has 1 fully saturated rings. The maximum Gasteiger partial charge on any atom is 0.331 e. The maximum absolute atomic E-state index is 12.0. The van der Waals surface area contributed by atoms with Crippen molar-refractivity contribution >= 4 is 21.6 Å². The average Bonchev–Trinajstić information content (AvgIpc) is 2.96. The standard InChI is InChI=1S/C11H13N3O4S/c12-4-7-6(15)3-8(18-7)14-10-5(1-2-19-10)9(16)13-11(14)17/h1-2,6-8,15H,3-4,12H2,(H,13,16,17)/t6-,7-,8-/m1/s1. The maximum atomic E-state index is 12.0. The van der Waals surface area contributed by atoms with E-state index in [1.807, 2.05) is 0 Å². The zero-order chi connectivity index (χ0) is 13.6. The molecule has 4 N–H and O–H groups in total. The van der Waals surface area contributed by atoms with Gasteiger partial charge in [0.25, 0.3) is 5.56 Å². The summed E-state index contributed by atoms with van der Waals surface area (Å²) in [6, 6.07) is 1.65. The molecule has 1 aliphatic rings. The largest absolute Gasteiger partial charge is 0.390 e. The Bertz CT molecular complexity index is 719. The zero-order valence-corrected chi connectivity index (χ0v) is 10.7. The van der Waals surface area contributed by atoms with Crippen molar-refractivity contribution in [3.63, 3.8) is 0 Å². The van der Waals surface area contributed by atoms with Gasteiger partial charge in [0.1, 0.15) is 11.1 Å². The summed E-state index contributed by atoms with van der Waals surface area (Å²) >= 11 is 1.29. The fourth-order valence-electron chi connectivity index (χ4n) is 2.32. The molecule has 1 aliphatic heterocycles. The number of aliphatic hydroxyl groups excluding tert-OH is 1. The molecule has 2 aromatic rings. The number of thiophene rings is 1. The summed E-state index contributed by atoms with van der Waals surface area (Å²) in [5.41, 5.74) is 4.55. The van der Waals surface area contributed by atoms with Crippen molar-refractivity contribution in [3.8, 4) is 0 Å². The summed E-state index contributed by atoms with van der Waals surface area (Å²) in [5.74, 6) is 0. The number of nitrogens with two attached hydrogens (primary N) is 1. The molecule has 1 saturated heterocycles. The Kier molecular flexibility index (Phi) is 3.02. The van der Waals surface area contributed by atoms with Gasteiger partial charge in [0, 0.05) is 13.0 Å². The van der Waals surface area contributed by atoms with Crippen molar-refractivity contribution in [2.45, 2.75) is 24.9 Å². The SMILES string of the molecule is NC[C@H]1O[C@@H](n2c(=O)[nH]c(=O)c3ccsc32)C[C@H]1O. The molecule has 0 radical (unpaired) electrons. The second-order valence-corrected chi connectivity index (χ2v) is 5.33. The lowest BCUT2D eigenvalue weighted by molar-refractivity contribution is -0.0128. The van der Waals surface area contributed by atoms with E-state index >= 15 is 0 Å². The van der Waals surface area contributed by atoms with E-state index in [4.69, 9.17) is 10.5 Å². The van der Waals surface area contributed by atoms with Crippen LogP contribution >= 0.6 is 11.3 Å². The van der Waals surface area contributed by atoms with Gasteiger partial charge in [0.2, 0.25) is 0 Å². The van der Waals surface area contributed by atoms with Gasteiger partial charge in [-0.15, -0.1) is 11.3 Å². The van der Waals surface area contributed by atoms with Crippen molar-refractivity contribution in [1.82, 2.24) is 9.55 Å². The molecule has 3 atom stereocenters. The van der Waals surface area contributed by atoms with Crippen LogP contribution in [0, 0.1) is 0 Å². The molecule has 3 heterocycles. The average molecular weight is 283 g/mol. The molecule has 0 spiro atoms. The van der Waals surface area contributed by atoms with E-state index in [2.05, 4.69) is 4.98 Å². The molecule has 0 bridgehead atoms. The molecular formula is C11H13N3O4S. The van der Waals surface area contributed by atoms with Crippen molar-refractivity contribution in [3.05, 3.63) is 32.3 Å². The van der Waals surface area contributed by atoms with Crippen LogP contribution in [-0.2, 0) is 4.74 Å². The van der Waals surface area contributed by atoms with Crippen LogP contribution in [0.3, 0.4) is 0 Å². The molecule has 19 heavy (non-hydrogen) atoms. The minimum atomic E-state index is -0.705. The van der Waals surface area contributed by atoms with Gasteiger partial charge < -0.3 is 15.6 Å². The highest BCUT2D eigenvalue weighted by atomic mass is 32.1. The van der Waals surface area contributed by atoms with Gasteiger partial charge in [-0.05, 0) is 11.4 Å². The van der Waals surface area contributed by atoms with E-state index in [1.165, 1.54) is 15.9 Å². The quantitative estimate of drug-likeness (QED) is 0.679. The van der Waals surface area contributed by atoms with Crippen LogP contribution in [0.1, 0.15) is 12.6 Å². The van der Waals surface area contributed by atoms with Crippen LogP contribution in [-0.4, -0.2) is 33.4 Å². The number of rotatable bonds is 2. The molecule has 3 rings (SSSR count). The summed E-state index contributed by atoms with van der Waals surface area (Å²) in [6.45, 7) is 0.184. The highest BCUT2D eigenvalue weighted by molar-refractivity contribution is 7.16. The van der Waals surface area contributed by atoms with Crippen molar-refractivity contribution in [1.29, 1.82) is 0 Å². The van der Waals surface area contributed by atoms with Gasteiger partial charge in [-0.25, -0.2) is 4.79 Å². The van der Waals surface area contributed by atoms with Crippen LogP contribution < -0.4 is 17.0 Å². The number of hydrogen-bond donors (Lipinski definition) is 3. The van der Waals surface area contributed by atoms with Crippen LogP contribution in [0.2, 0.25) is 0 Å². The number of hydrogen-bond acceptors (Lipinski definition) is 6. The first kappa shape index (κ1) is 12.5. The third-order valence-corrected chi connectivity index (χ3v) is 4.18. The predicted octanol–water partition coefficient (Wildman–Crippen LogP) is -0.642. The molecule has 2 aromatic heterocycles. The molecule has 0 unspecified atom stereocenters. The molecular weight excluding hydrogens is 270 g/mol. The lowest BCUT2D eigenvalue weighted by Crippen LogP contribution is -2.33. The van der Waals surface area contributed by atoms with Crippen LogP contribution in [0.5, 0.6) is 0 Å². The van der Waals surface area contributed by atoms with Gasteiger partial charge >= 0.3 is 5.69 Å². The highest BCUT2D eigenvalue weighted by Crippen LogP contribution is 2.30. The summed E-state index contributed by atoms with van der Waals surface area (Å²) in [5, 5.41) is 12.0. The van der Waals surface area contributed by atoms with Crippen LogP contribution in [0.4, 0.5) is 0 Å². The number of aliphatic hydroxyl groups is 1. The van der Waals surface area contributed by atoms with Gasteiger partial charge in [0.15, 0.2) is 0 Å². The lowest BCUT2D eigenvalue weighted by atomic mass is 10.2. The molecule has 7 nitrogen and oxygen atoms in total. The van der Waals surface area contributed by atoms with Gasteiger partial charge in [-0.1, -0.05) is 0 Å². The molecule has 8 heteroatoms. The van der Waals surface area contributed by atoms with Crippen LogP contribution in [0.25, 0.3) is 10.2 Å². The number of ether oxygens (including phenoxy) is 1. The Morgan fingerprint density at radius 1 is 1.58 bits per heavy atom. The van der Waals surface area contributed by atoms with E-state index < -0.39 is 29.7 Å². The van der Waals surface area contributed by atoms with Gasteiger partial charge in [-0.2, -0.15) is 0 Å². The highest BCUT2D eigenvalue weighted by Gasteiger charge is 2.35. The summed E-state index contributed by atoms with van der Waals surface area (Å²) in [6.07, 6.45) is -1.52. The first-order chi connectivity index (χ1) is 9.11. The molecule has 102 valence electrons. The topological polar surface area (TPSA) is 110 Å². The predicted molar refractivity (Wildman–Crippen MR) is 70.3 cm³/mol. The Morgan fingerprint density at radius 3 is 3.05 bits per heavy atom. The Morgan fingerprint density at radius 2 is 2.37 bits per heavy atom. The van der Waals surface area contributed by atoms with E-state index in [0.717, 1.165) is 0 Å². The smallest absolute Gasteiger partial charge is 0.331 e. The minimum Gasteiger partial charge on any atom is -0.390 e. The monoisotopic (exact) mass is 283 g/mol. The van der Waals surface area contributed by atoms with E-state index in [0.29, 0.717) is 10.2 Å². The number of H-pyrrole nitrogens is 1. The fourth-order valence-corrected chi connectivity index (χ4v) is 3.26. The molecule has 0 saturated carbocycles. The molecule has 0 amide bonds. The Balaban J connectivity index is 2.14. The van der Waals surface area contributed by atoms with Crippen molar-refractivity contribution < 1.29 is 9.84 Å². The van der Waals surface area contributed by atoms with Gasteiger partial charge in [0.05, 0.1) is 17.6 Å². The van der Waals surface area contributed by atoms with Crippen LogP contribution in [0.15, 0.2) is 21.0 Å². The number of aromatic nitrogens is 2. The zero-order valence-electron chi connectivity index (χ0n) is 9.91. The van der Waals surface area contributed by atoms with Crippen molar-refractivity contribution in [2.75, 3.05) is 6.54 Å². The number of nitrogens with one attached hydrogen (secondary N) is 1. The second-order valence-electron chi connectivity index (χ2n) is 4.44. The molecule has 0 aromatic carbocycles.